The molecule has 0 unspecified atom stereocenters. The number of thioether (sulfide) groups is 1. The molecule has 196 valence electrons. The number of carbonyl (C=O) groups is 3. The summed E-state index contributed by atoms with van der Waals surface area (Å²) in [5, 5.41) is 13.8. The fraction of sp³-hybridized carbons (Fsp3) is 0.107. The fourth-order valence-electron chi connectivity index (χ4n) is 4.43. The summed E-state index contributed by atoms with van der Waals surface area (Å²) >= 11 is 0.748. The Morgan fingerprint density at radius 3 is 2.54 bits per heavy atom. The predicted octanol–water partition coefficient (Wildman–Crippen LogP) is 5.72. The van der Waals surface area contributed by atoms with Crippen LogP contribution < -0.4 is 5.32 Å². The SMILES string of the molecule is Cc1c(/C=C2/SC(=O)N(CC(=O)Nc3cccc(F)c3)C2=O)c2ccccc2n1Cc1ccc([N+](=O)[O-])cc1. The Bertz CT molecular complexity index is 1680. The molecule has 0 spiro atoms. The number of imide groups is 1. The summed E-state index contributed by atoms with van der Waals surface area (Å²) in [7, 11) is 0. The lowest BCUT2D eigenvalue weighted by molar-refractivity contribution is -0.384. The van der Waals surface area contributed by atoms with Crippen LogP contribution in [-0.2, 0) is 16.1 Å². The molecule has 1 aliphatic heterocycles. The van der Waals surface area contributed by atoms with Gasteiger partial charge in [-0.3, -0.25) is 29.4 Å². The van der Waals surface area contributed by atoms with E-state index in [4.69, 9.17) is 0 Å². The van der Waals surface area contributed by atoms with E-state index in [2.05, 4.69) is 5.32 Å². The zero-order valence-electron chi connectivity index (χ0n) is 20.6. The minimum absolute atomic E-state index is 0.00821. The number of anilines is 1. The van der Waals surface area contributed by atoms with Crippen LogP contribution in [0.3, 0.4) is 0 Å². The molecule has 1 N–H and O–H groups in total. The third-order valence-electron chi connectivity index (χ3n) is 6.33. The molecule has 0 aliphatic carbocycles. The van der Waals surface area contributed by atoms with E-state index >= 15 is 0 Å². The molecule has 39 heavy (non-hydrogen) atoms. The summed E-state index contributed by atoms with van der Waals surface area (Å²) in [6.45, 7) is 1.84. The van der Waals surface area contributed by atoms with Crippen LogP contribution in [0.1, 0.15) is 16.8 Å². The second kappa shape index (κ2) is 10.5. The first-order valence-electron chi connectivity index (χ1n) is 11.8. The Hall–Kier alpha value is -4.77. The monoisotopic (exact) mass is 544 g/mol. The third kappa shape index (κ3) is 5.30. The van der Waals surface area contributed by atoms with Gasteiger partial charge in [0.25, 0.3) is 16.8 Å². The van der Waals surface area contributed by atoms with Crippen molar-refractivity contribution in [2.45, 2.75) is 13.5 Å². The van der Waals surface area contributed by atoms with Crippen LogP contribution in [0, 0.1) is 22.9 Å². The van der Waals surface area contributed by atoms with Gasteiger partial charge in [-0.2, -0.15) is 0 Å². The smallest absolute Gasteiger partial charge is 0.294 e. The number of amides is 3. The number of hydrogen-bond acceptors (Lipinski definition) is 6. The number of fused-ring (bicyclic) bond motifs is 1. The Labute approximate surface area is 226 Å². The summed E-state index contributed by atoms with van der Waals surface area (Å²) < 4.78 is 15.5. The van der Waals surface area contributed by atoms with Crippen molar-refractivity contribution in [3.8, 4) is 0 Å². The normalized spacial score (nSPS) is 14.4. The zero-order chi connectivity index (χ0) is 27.7. The number of aromatic nitrogens is 1. The second-order valence-electron chi connectivity index (χ2n) is 8.85. The number of nitro benzene ring substituents is 1. The molecule has 1 fully saturated rings. The number of halogens is 1. The molecule has 3 amide bonds. The van der Waals surface area contributed by atoms with Crippen LogP contribution in [0.2, 0.25) is 0 Å². The number of nitrogens with zero attached hydrogens (tertiary/aromatic N) is 3. The van der Waals surface area contributed by atoms with Crippen molar-refractivity contribution >= 4 is 57.2 Å². The average Bonchev–Trinajstić information content (AvgIpc) is 3.32. The highest BCUT2D eigenvalue weighted by Crippen LogP contribution is 2.36. The molecule has 2 heterocycles. The van der Waals surface area contributed by atoms with Gasteiger partial charge in [-0.25, -0.2) is 4.39 Å². The van der Waals surface area contributed by atoms with Crippen LogP contribution in [0.4, 0.5) is 20.6 Å². The highest BCUT2D eigenvalue weighted by atomic mass is 32.2. The molecule has 9 nitrogen and oxygen atoms in total. The summed E-state index contributed by atoms with van der Waals surface area (Å²) in [5.41, 5.74) is 3.58. The van der Waals surface area contributed by atoms with E-state index in [0.717, 1.165) is 50.5 Å². The highest BCUT2D eigenvalue weighted by molar-refractivity contribution is 8.18. The topological polar surface area (TPSA) is 115 Å². The van der Waals surface area contributed by atoms with E-state index in [-0.39, 0.29) is 16.3 Å². The molecule has 1 aliphatic rings. The van der Waals surface area contributed by atoms with Gasteiger partial charge in [0.05, 0.1) is 9.83 Å². The van der Waals surface area contributed by atoms with Crippen molar-refractivity contribution in [2.75, 3.05) is 11.9 Å². The fourth-order valence-corrected chi connectivity index (χ4v) is 5.25. The molecule has 11 heteroatoms. The number of benzene rings is 3. The van der Waals surface area contributed by atoms with Crippen molar-refractivity contribution in [1.82, 2.24) is 9.47 Å². The highest BCUT2D eigenvalue weighted by Gasteiger charge is 2.36. The van der Waals surface area contributed by atoms with Crippen LogP contribution in [-0.4, -0.2) is 38.0 Å². The molecule has 1 saturated heterocycles. The van der Waals surface area contributed by atoms with Crippen molar-refractivity contribution in [3.05, 3.63) is 110 Å². The molecule has 4 aromatic rings. The van der Waals surface area contributed by atoms with Gasteiger partial charge >= 0.3 is 0 Å². The Morgan fingerprint density at radius 1 is 1.08 bits per heavy atom. The average molecular weight is 545 g/mol. The lowest BCUT2D eigenvalue weighted by atomic mass is 10.1. The standard InChI is InChI=1S/C28H21FN4O5S/c1-17-23(22-7-2-3-8-24(22)31(17)15-18-9-11-21(12-10-18)33(37)38)14-25-27(35)32(28(36)39-25)16-26(34)30-20-6-4-5-19(29)13-20/h2-14H,15-16H2,1H3,(H,30,34)/b25-14+. The molecule has 1 aromatic heterocycles. The van der Waals surface area contributed by atoms with Gasteiger partial charge in [0.15, 0.2) is 0 Å². The van der Waals surface area contributed by atoms with Crippen molar-refractivity contribution < 1.29 is 23.7 Å². The van der Waals surface area contributed by atoms with Crippen LogP contribution in [0.5, 0.6) is 0 Å². The van der Waals surface area contributed by atoms with Crippen molar-refractivity contribution in [3.63, 3.8) is 0 Å². The van der Waals surface area contributed by atoms with Gasteiger partial charge in [-0.1, -0.05) is 36.4 Å². The second-order valence-corrected chi connectivity index (χ2v) is 9.85. The number of hydrogen-bond donors (Lipinski definition) is 1. The Morgan fingerprint density at radius 2 is 1.82 bits per heavy atom. The first kappa shape index (κ1) is 25.9. The van der Waals surface area contributed by atoms with Crippen LogP contribution in [0.15, 0.2) is 77.7 Å². The quantitative estimate of drug-likeness (QED) is 0.181. The van der Waals surface area contributed by atoms with Crippen LogP contribution in [0.25, 0.3) is 17.0 Å². The van der Waals surface area contributed by atoms with Crippen LogP contribution >= 0.6 is 11.8 Å². The minimum Gasteiger partial charge on any atom is -0.340 e. The summed E-state index contributed by atoms with van der Waals surface area (Å²) in [5.74, 6) is -1.74. The third-order valence-corrected chi connectivity index (χ3v) is 7.23. The lowest BCUT2D eigenvalue weighted by Gasteiger charge is -2.12. The molecule has 3 aromatic carbocycles. The molecule has 0 saturated carbocycles. The molecule has 0 atom stereocenters. The molecule has 0 radical (unpaired) electrons. The van der Waals surface area contributed by atoms with Gasteiger partial charge in [-0.05, 0) is 54.6 Å². The summed E-state index contributed by atoms with van der Waals surface area (Å²) in [4.78, 5) is 49.8. The van der Waals surface area contributed by atoms with Gasteiger partial charge in [0, 0.05) is 46.5 Å². The van der Waals surface area contributed by atoms with E-state index in [9.17, 15) is 28.9 Å². The maximum Gasteiger partial charge on any atom is 0.294 e. The van der Waals surface area contributed by atoms with E-state index in [1.165, 1.54) is 30.3 Å². The lowest BCUT2D eigenvalue weighted by Crippen LogP contribution is -2.36. The Kier molecular flexibility index (Phi) is 6.99. The summed E-state index contributed by atoms with van der Waals surface area (Å²) in [6, 6.07) is 19.3. The minimum atomic E-state index is -0.625. The zero-order valence-corrected chi connectivity index (χ0v) is 21.4. The Balaban J connectivity index is 1.40. The van der Waals surface area contributed by atoms with Gasteiger partial charge in [0.2, 0.25) is 5.91 Å². The number of carbonyl (C=O) groups excluding carboxylic acids is 3. The van der Waals surface area contributed by atoms with E-state index in [1.54, 1.807) is 18.2 Å². The number of nitrogens with one attached hydrogen (secondary N) is 1. The van der Waals surface area contributed by atoms with E-state index < -0.39 is 34.3 Å². The molecule has 0 bridgehead atoms. The number of rotatable bonds is 7. The maximum atomic E-state index is 13.4. The van der Waals surface area contributed by atoms with Crippen molar-refractivity contribution in [2.24, 2.45) is 0 Å². The molecular weight excluding hydrogens is 523 g/mol. The first-order chi connectivity index (χ1) is 18.7. The van der Waals surface area contributed by atoms with Crippen molar-refractivity contribution in [1.29, 1.82) is 0 Å². The van der Waals surface area contributed by atoms with E-state index in [1.807, 2.05) is 35.8 Å². The maximum absolute atomic E-state index is 13.4. The molecular formula is C28H21FN4O5S. The number of para-hydroxylation sites is 1. The molecule has 5 rings (SSSR count). The van der Waals surface area contributed by atoms with E-state index in [0.29, 0.717) is 6.54 Å². The number of nitro groups is 1. The first-order valence-corrected chi connectivity index (χ1v) is 12.6. The van der Waals surface area contributed by atoms with Gasteiger partial charge < -0.3 is 9.88 Å². The number of non-ortho nitro benzene ring substituents is 1. The van der Waals surface area contributed by atoms with Gasteiger partial charge in [0.1, 0.15) is 12.4 Å². The largest absolute Gasteiger partial charge is 0.340 e. The predicted molar refractivity (Wildman–Crippen MR) is 147 cm³/mol. The summed E-state index contributed by atoms with van der Waals surface area (Å²) in [6.07, 6.45) is 1.65. The van der Waals surface area contributed by atoms with Gasteiger partial charge in [-0.15, -0.1) is 0 Å².